The third-order valence-electron chi connectivity index (χ3n) is 4.46. The van der Waals surface area contributed by atoms with Gasteiger partial charge in [-0.3, -0.25) is 9.59 Å². The minimum absolute atomic E-state index is 0.0512. The number of benzene rings is 1. The Morgan fingerprint density at radius 1 is 1.33 bits per heavy atom. The molecule has 2 heterocycles. The Labute approximate surface area is 144 Å². The van der Waals surface area contributed by atoms with Crippen molar-refractivity contribution in [2.45, 2.75) is 43.3 Å². The maximum absolute atomic E-state index is 12.5. The molecule has 1 saturated carbocycles. The first-order valence-corrected chi connectivity index (χ1v) is 9.31. The van der Waals surface area contributed by atoms with Crippen LogP contribution in [0, 0.1) is 0 Å². The van der Waals surface area contributed by atoms with Gasteiger partial charge in [-0.05, 0) is 49.4 Å². The van der Waals surface area contributed by atoms with Gasteiger partial charge in [-0.2, -0.15) is 0 Å². The number of Topliss-reactive ketones (excluding diaryl/α,β-unsaturated/α-hetero) is 1. The van der Waals surface area contributed by atoms with E-state index in [0.29, 0.717) is 23.8 Å². The second kappa shape index (κ2) is 6.43. The molecule has 1 aromatic heterocycles. The van der Waals surface area contributed by atoms with Crippen LogP contribution in [0.4, 0.5) is 5.69 Å². The number of aromatic nitrogens is 2. The lowest BCUT2D eigenvalue weighted by atomic mass is 10.0. The number of hydrogen-bond acceptors (Lipinski definition) is 4. The van der Waals surface area contributed by atoms with E-state index in [1.165, 1.54) is 24.6 Å². The molecule has 2 aliphatic rings. The van der Waals surface area contributed by atoms with Gasteiger partial charge in [-0.15, -0.1) is 0 Å². The first-order valence-electron chi connectivity index (χ1n) is 8.32. The van der Waals surface area contributed by atoms with Crippen LogP contribution in [0.2, 0.25) is 0 Å². The molecule has 1 amide bonds. The summed E-state index contributed by atoms with van der Waals surface area (Å²) in [6, 6.07) is 6.15. The van der Waals surface area contributed by atoms with E-state index in [4.69, 9.17) is 0 Å². The average Bonchev–Trinajstić information content (AvgIpc) is 3.35. The van der Waals surface area contributed by atoms with Gasteiger partial charge < -0.3 is 9.88 Å². The summed E-state index contributed by atoms with van der Waals surface area (Å²) in [5, 5.41) is 3.82. The summed E-state index contributed by atoms with van der Waals surface area (Å²) in [6.07, 6.45) is 8.39. The maximum Gasteiger partial charge on any atom is 0.224 e. The van der Waals surface area contributed by atoms with E-state index in [-0.39, 0.29) is 11.7 Å². The second-order valence-electron chi connectivity index (χ2n) is 6.33. The minimum Gasteiger partial charge on any atom is -0.326 e. The molecule has 1 aromatic carbocycles. The van der Waals surface area contributed by atoms with Crippen LogP contribution in [0.3, 0.4) is 0 Å². The zero-order chi connectivity index (χ0) is 16.5. The first-order chi connectivity index (χ1) is 11.7. The zero-order valence-corrected chi connectivity index (χ0v) is 14.1. The van der Waals surface area contributed by atoms with Gasteiger partial charge >= 0.3 is 0 Å². The molecule has 0 unspecified atom stereocenters. The largest absolute Gasteiger partial charge is 0.326 e. The Bertz CT molecular complexity index is 795. The predicted molar refractivity (Wildman–Crippen MR) is 93.6 cm³/mol. The van der Waals surface area contributed by atoms with Crippen molar-refractivity contribution < 1.29 is 9.59 Å². The number of aryl methyl sites for hydroxylation is 1. The summed E-state index contributed by atoms with van der Waals surface area (Å²) in [4.78, 5) is 28.5. The van der Waals surface area contributed by atoms with Crippen LogP contribution in [0.25, 0.3) is 0 Å². The first kappa shape index (κ1) is 15.4. The summed E-state index contributed by atoms with van der Waals surface area (Å²) < 4.78 is 2.17. The third-order valence-corrected chi connectivity index (χ3v) is 5.44. The Morgan fingerprint density at radius 3 is 3.04 bits per heavy atom. The van der Waals surface area contributed by atoms with Crippen molar-refractivity contribution >= 4 is 29.1 Å². The fourth-order valence-electron chi connectivity index (χ4n) is 3.00. The fraction of sp³-hybridized carbons (Fsp3) is 0.389. The minimum atomic E-state index is 0.0512. The van der Waals surface area contributed by atoms with Gasteiger partial charge in [-0.25, -0.2) is 4.98 Å². The molecule has 6 heteroatoms. The number of imidazole rings is 1. The molecule has 1 N–H and O–H groups in total. The molecular weight excluding hydrogens is 322 g/mol. The topological polar surface area (TPSA) is 64.0 Å². The number of nitrogens with one attached hydrogen (secondary N) is 1. The Morgan fingerprint density at radius 2 is 2.21 bits per heavy atom. The predicted octanol–water partition coefficient (Wildman–Crippen LogP) is 3.47. The van der Waals surface area contributed by atoms with Crippen molar-refractivity contribution in [1.29, 1.82) is 0 Å². The second-order valence-corrected chi connectivity index (χ2v) is 7.28. The van der Waals surface area contributed by atoms with E-state index in [9.17, 15) is 9.59 Å². The van der Waals surface area contributed by atoms with Crippen molar-refractivity contribution in [2.75, 3.05) is 11.1 Å². The molecule has 124 valence electrons. The van der Waals surface area contributed by atoms with Crippen molar-refractivity contribution in [3.05, 3.63) is 41.7 Å². The average molecular weight is 341 g/mol. The van der Waals surface area contributed by atoms with Crippen LogP contribution in [0.1, 0.15) is 47.6 Å². The molecule has 1 aliphatic heterocycles. The van der Waals surface area contributed by atoms with Crippen LogP contribution >= 0.6 is 11.8 Å². The van der Waals surface area contributed by atoms with Crippen molar-refractivity contribution in [3.63, 3.8) is 0 Å². The van der Waals surface area contributed by atoms with E-state index >= 15 is 0 Å². The van der Waals surface area contributed by atoms with E-state index in [1.54, 1.807) is 12.3 Å². The van der Waals surface area contributed by atoms with E-state index in [0.717, 1.165) is 29.2 Å². The number of anilines is 1. The molecular formula is C18H19N3O2S. The summed E-state index contributed by atoms with van der Waals surface area (Å²) in [5.41, 5.74) is 2.60. The highest BCUT2D eigenvalue weighted by atomic mass is 32.2. The Balaban J connectivity index is 1.45. The molecule has 1 fully saturated rings. The van der Waals surface area contributed by atoms with Gasteiger partial charge in [0, 0.05) is 36.1 Å². The molecule has 4 rings (SSSR count). The van der Waals surface area contributed by atoms with E-state index in [1.807, 2.05) is 18.3 Å². The Kier molecular flexibility index (Phi) is 4.14. The molecule has 2 aromatic rings. The monoisotopic (exact) mass is 341 g/mol. The number of ketones is 1. The number of hydrogen-bond donors (Lipinski definition) is 1. The van der Waals surface area contributed by atoms with Gasteiger partial charge in [0.25, 0.3) is 0 Å². The highest BCUT2D eigenvalue weighted by Gasteiger charge is 2.25. The van der Waals surface area contributed by atoms with Crippen molar-refractivity contribution in [2.24, 2.45) is 0 Å². The molecule has 0 bridgehead atoms. The molecule has 0 radical (unpaired) electrons. The lowest BCUT2D eigenvalue weighted by molar-refractivity contribution is -0.116. The van der Waals surface area contributed by atoms with E-state index in [2.05, 4.69) is 14.9 Å². The highest BCUT2D eigenvalue weighted by molar-refractivity contribution is 7.99. The lowest BCUT2D eigenvalue weighted by Crippen LogP contribution is -2.10. The van der Waals surface area contributed by atoms with Crippen molar-refractivity contribution in [1.82, 2.24) is 9.55 Å². The van der Waals surface area contributed by atoms with Crippen molar-refractivity contribution in [3.8, 4) is 0 Å². The van der Waals surface area contributed by atoms with Crippen LogP contribution in [0.5, 0.6) is 0 Å². The fourth-order valence-corrected chi connectivity index (χ4v) is 3.92. The third kappa shape index (κ3) is 3.24. The van der Waals surface area contributed by atoms with Crippen LogP contribution in [-0.2, 0) is 11.2 Å². The molecule has 5 nitrogen and oxygen atoms in total. The standard InChI is InChI=1S/C18H19N3O2S/c22-16(11-24-18-19-8-9-21(18)14-5-6-14)13-4-7-15-12(10-13)2-1-3-17(23)20-15/h4,7-10,14H,1-3,5-6,11H2,(H,20,23). The van der Waals surface area contributed by atoms with Gasteiger partial charge in [-0.1, -0.05) is 11.8 Å². The number of rotatable bonds is 5. The number of amides is 1. The molecule has 0 spiro atoms. The smallest absolute Gasteiger partial charge is 0.224 e. The van der Waals surface area contributed by atoms with Crippen LogP contribution in [0.15, 0.2) is 35.7 Å². The molecule has 0 saturated heterocycles. The van der Waals surface area contributed by atoms with Gasteiger partial charge in [0.15, 0.2) is 10.9 Å². The van der Waals surface area contributed by atoms with Crippen LogP contribution < -0.4 is 5.32 Å². The lowest BCUT2D eigenvalue weighted by Gasteiger charge is -2.09. The molecule has 24 heavy (non-hydrogen) atoms. The Hall–Kier alpha value is -2.08. The summed E-state index contributed by atoms with van der Waals surface area (Å²) in [6.45, 7) is 0. The number of thioether (sulfide) groups is 1. The van der Waals surface area contributed by atoms with Crippen LogP contribution in [-0.4, -0.2) is 27.0 Å². The van der Waals surface area contributed by atoms with E-state index < -0.39 is 0 Å². The maximum atomic E-state index is 12.5. The highest BCUT2D eigenvalue weighted by Crippen LogP contribution is 2.37. The van der Waals surface area contributed by atoms with Gasteiger partial charge in [0.2, 0.25) is 5.91 Å². The number of carbonyl (C=O) groups excluding carboxylic acids is 2. The number of carbonyl (C=O) groups is 2. The normalized spacial score (nSPS) is 17.1. The van der Waals surface area contributed by atoms with Gasteiger partial charge in [0.05, 0.1) is 5.75 Å². The SMILES string of the molecule is O=C1CCCc2cc(C(=O)CSc3nccn3C3CC3)ccc2N1. The zero-order valence-electron chi connectivity index (χ0n) is 13.3. The number of nitrogens with zero attached hydrogens (tertiary/aromatic N) is 2. The summed E-state index contributed by atoms with van der Waals surface area (Å²) in [5.74, 6) is 0.536. The molecule has 1 aliphatic carbocycles. The summed E-state index contributed by atoms with van der Waals surface area (Å²) in [7, 11) is 0. The summed E-state index contributed by atoms with van der Waals surface area (Å²) >= 11 is 1.50. The van der Waals surface area contributed by atoms with Gasteiger partial charge in [0.1, 0.15) is 0 Å². The molecule has 0 atom stereocenters. The quantitative estimate of drug-likeness (QED) is 0.668. The number of fused-ring (bicyclic) bond motifs is 1.